The zero-order valence-corrected chi connectivity index (χ0v) is 15.3. The molecule has 0 saturated carbocycles. The fraction of sp³-hybridized carbons (Fsp3) is 0.278. The molecule has 0 unspecified atom stereocenters. The quantitative estimate of drug-likeness (QED) is 0.646. The van der Waals surface area contributed by atoms with Crippen molar-refractivity contribution < 1.29 is 22.7 Å². The number of benzene rings is 2. The number of amides is 1. The molecule has 3 N–H and O–H groups in total. The summed E-state index contributed by atoms with van der Waals surface area (Å²) in [5, 5.41) is 7.83. The van der Waals surface area contributed by atoms with Crippen molar-refractivity contribution in [3.05, 3.63) is 59.7 Å². The minimum absolute atomic E-state index is 0.0319. The standard InChI is InChI=1S/C18H22N2O5S/c1-2-24-10-11-25-16-5-3-4-15(12-16)18(21)20-13-14-6-8-17(9-7-14)26(19,22)23/h3-9,12H,2,10-11,13H2,1H3,(H,20,21)(H2,19,22,23). The van der Waals surface area contributed by atoms with Gasteiger partial charge in [-0.15, -0.1) is 0 Å². The zero-order chi connectivity index (χ0) is 19.0. The number of nitrogens with one attached hydrogen (secondary N) is 1. The SMILES string of the molecule is CCOCCOc1cccc(C(=O)NCc2ccc(S(N)(=O)=O)cc2)c1. The Bertz CT molecular complexity index is 835. The highest BCUT2D eigenvalue weighted by atomic mass is 32.2. The van der Waals surface area contributed by atoms with Crippen LogP contribution in [0.1, 0.15) is 22.8 Å². The molecular formula is C18H22N2O5S. The molecule has 7 nitrogen and oxygen atoms in total. The summed E-state index contributed by atoms with van der Waals surface area (Å²) in [5.41, 5.74) is 1.23. The summed E-state index contributed by atoms with van der Waals surface area (Å²) in [5.74, 6) is 0.339. The van der Waals surface area contributed by atoms with Crippen molar-refractivity contribution in [1.29, 1.82) is 0 Å². The smallest absolute Gasteiger partial charge is 0.251 e. The third kappa shape index (κ3) is 6.14. The Morgan fingerprint density at radius 2 is 1.85 bits per heavy atom. The number of carbonyl (C=O) groups excluding carboxylic acids is 1. The van der Waals surface area contributed by atoms with Gasteiger partial charge in [-0.25, -0.2) is 13.6 Å². The van der Waals surface area contributed by atoms with Gasteiger partial charge in [-0.1, -0.05) is 18.2 Å². The van der Waals surface area contributed by atoms with Crippen molar-refractivity contribution in [2.45, 2.75) is 18.4 Å². The lowest BCUT2D eigenvalue weighted by molar-refractivity contribution is 0.0949. The van der Waals surface area contributed by atoms with Gasteiger partial charge in [0.2, 0.25) is 10.0 Å². The van der Waals surface area contributed by atoms with E-state index in [4.69, 9.17) is 14.6 Å². The van der Waals surface area contributed by atoms with E-state index in [9.17, 15) is 13.2 Å². The summed E-state index contributed by atoms with van der Waals surface area (Å²) < 4.78 is 33.2. The molecule has 0 atom stereocenters. The van der Waals surface area contributed by atoms with Crippen LogP contribution in [0.4, 0.5) is 0 Å². The van der Waals surface area contributed by atoms with Gasteiger partial charge in [0.15, 0.2) is 0 Å². The third-order valence-electron chi connectivity index (χ3n) is 3.50. The summed E-state index contributed by atoms with van der Waals surface area (Å²) >= 11 is 0. The normalized spacial score (nSPS) is 11.2. The molecule has 0 fully saturated rings. The molecule has 0 aliphatic carbocycles. The Morgan fingerprint density at radius 1 is 1.12 bits per heavy atom. The highest BCUT2D eigenvalue weighted by Gasteiger charge is 2.09. The van der Waals surface area contributed by atoms with Crippen molar-refractivity contribution in [1.82, 2.24) is 5.32 Å². The van der Waals surface area contributed by atoms with E-state index in [-0.39, 0.29) is 17.3 Å². The maximum Gasteiger partial charge on any atom is 0.251 e. The van der Waals surface area contributed by atoms with Crippen LogP contribution in [-0.4, -0.2) is 34.1 Å². The number of rotatable bonds is 9. The molecular weight excluding hydrogens is 356 g/mol. The molecule has 140 valence electrons. The third-order valence-corrected chi connectivity index (χ3v) is 4.43. The van der Waals surface area contributed by atoms with E-state index in [1.165, 1.54) is 12.1 Å². The van der Waals surface area contributed by atoms with Crippen molar-refractivity contribution in [2.24, 2.45) is 5.14 Å². The second-order valence-electron chi connectivity index (χ2n) is 5.44. The van der Waals surface area contributed by atoms with Gasteiger partial charge in [-0.2, -0.15) is 0 Å². The molecule has 0 aromatic heterocycles. The van der Waals surface area contributed by atoms with E-state index < -0.39 is 10.0 Å². The van der Waals surface area contributed by atoms with Crippen LogP contribution in [0.5, 0.6) is 5.75 Å². The van der Waals surface area contributed by atoms with Gasteiger partial charge in [0.05, 0.1) is 11.5 Å². The van der Waals surface area contributed by atoms with Crippen LogP contribution in [0.2, 0.25) is 0 Å². The molecule has 0 radical (unpaired) electrons. The van der Waals surface area contributed by atoms with Gasteiger partial charge < -0.3 is 14.8 Å². The first kappa shape index (κ1) is 19.9. The van der Waals surface area contributed by atoms with Crippen LogP contribution in [0, 0.1) is 0 Å². The van der Waals surface area contributed by atoms with Crippen molar-refractivity contribution in [3.8, 4) is 5.75 Å². The van der Waals surface area contributed by atoms with Gasteiger partial charge in [0.1, 0.15) is 12.4 Å². The maximum absolute atomic E-state index is 12.3. The molecule has 8 heteroatoms. The van der Waals surface area contributed by atoms with Crippen LogP contribution >= 0.6 is 0 Å². The van der Waals surface area contributed by atoms with Crippen LogP contribution in [0.25, 0.3) is 0 Å². The lowest BCUT2D eigenvalue weighted by Gasteiger charge is -2.09. The second kappa shape index (κ2) is 9.33. The Morgan fingerprint density at radius 3 is 2.50 bits per heavy atom. The Labute approximate surface area is 153 Å². The maximum atomic E-state index is 12.3. The van der Waals surface area contributed by atoms with E-state index in [1.807, 2.05) is 6.92 Å². The average molecular weight is 378 g/mol. The zero-order valence-electron chi connectivity index (χ0n) is 14.5. The van der Waals surface area contributed by atoms with E-state index in [0.29, 0.717) is 31.1 Å². The van der Waals surface area contributed by atoms with Gasteiger partial charge in [0.25, 0.3) is 5.91 Å². The first-order valence-electron chi connectivity index (χ1n) is 8.10. The number of sulfonamides is 1. The van der Waals surface area contributed by atoms with E-state index in [0.717, 1.165) is 5.56 Å². The van der Waals surface area contributed by atoms with Crippen LogP contribution in [-0.2, 0) is 21.3 Å². The van der Waals surface area contributed by atoms with Crippen molar-refractivity contribution >= 4 is 15.9 Å². The summed E-state index contributed by atoms with van der Waals surface area (Å²) in [6.45, 7) is 3.70. The largest absolute Gasteiger partial charge is 0.491 e. The fourth-order valence-corrected chi connectivity index (χ4v) is 2.69. The Hall–Kier alpha value is -2.42. The summed E-state index contributed by atoms with van der Waals surface area (Å²) in [4.78, 5) is 12.3. The molecule has 0 aliphatic rings. The Balaban J connectivity index is 1.91. The molecule has 2 aromatic rings. The van der Waals surface area contributed by atoms with Crippen LogP contribution in [0.15, 0.2) is 53.4 Å². The number of ether oxygens (including phenoxy) is 2. The first-order chi connectivity index (χ1) is 12.4. The minimum atomic E-state index is -3.72. The molecule has 0 bridgehead atoms. The van der Waals surface area contributed by atoms with E-state index >= 15 is 0 Å². The molecule has 2 aromatic carbocycles. The van der Waals surface area contributed by atoms with Crippen LogP contribution < -0.4 is 15.2 Å². The molecule has 1 amide bonds. The number of primary sulfonamides is 1. The summed E-state index contributed by atoms with van der Waals surface area (Å²) in [7, 11) is -3.72. The lowest BCUT2D eigenvalue weighted by Crippen LogP contribution is -2.23. The van der Waals surface area contributed by atoms with E-state index in [2.05, 4.69) is 5.32 Å². The minimum Gasteiger partial charge on any atom is -0.491 e. The molecule has 0 aliphatic heterocycles. The Kier molecular flexibility index (Phi) is 7.14. The predicted molar refractivity (Wildman–Crippen MR) is 97.4 cm³/mol. The van der Waals surface area contributed by atoms with Crippen LogP contribution in [0.3, 0.4) is 0 Å². The number of hydrogen-bond donors (Lipinski definition) is 2. The molecule has 0 heterocycles. The average Bonchev–Trinajstić information content (AvgIpc) is 2.63. The number of carbonyl (C=O) groups is 1. The summed E-state index contributed by atoms with van der Waals surface area (Å²) in [6, 6.07) is 12.9. The lowest BCUT2D eigenvalue weighted by atomic mass is 10.2. The van der Waals surface area contributed by atoms with Gasteiger partial charge in [-0.05, 0) is 42.8 Å². The highest BCUT2D eigenvalue weighted by Crippen LogP contribution is 2.14. The van der Waals surface area contributed by atoms with Crippen molar-refractivity contribution in [2.75, 3.05) is 19.8 Å². The fourth-order valence-electron chi connectivity index (χ4n) is 2.17. The van der Waals surface area contributed by atoms with Gasteiger partial charge >= 0.3 is 0 Å². The predicted octanol–water partition coefficient (Wildman–Crippen LogP) is 1.68. The van der Waals surface area contributed by atoms with Gasteiger partial charge in [0, 0.05) is 18.7 Å². The van der Waals surface area contributed by atoms with Gasteiger partial charge in [-0.3, -0.25) is 4.79 Å². The molecule has 0 spiro atoms. The second-order valence-corrected chi connectivity index (χ2v) is 7.01. The van der Waals surface area contributed by atoms with E-state index in [1.54, 1.807) is 36.4 Å². The molecule has 2 rings (SSSR count). The number of nitrogens with two attached hydrogens (primary N) is 1. The monoisotopic (exact) mass is 378 g/mol. The number of hydrogen-bond acceptors (Lipinski definition) is 5. The highest BCUT2D eigenvalue weighted by molar-refractivity contribution is 7.89. The summed E-state index contributed by atoms with van der Waals surface area (Å²) in [6.07, 6.45) is 0. The van der Waals surface area contributed by atoms with Crippen molar-refractivity contribution in [3.63, 3.8) is 0 Å². The first-order valence-corrected chi connectivity index (χ1v) is 9.65. The molecule has 26 heavy (non-hydrogen) atoms. The topological polar surface area (TPSA) is 108 Å². The molecule has 0 saturated heterocycles.